The van der Waals surface area contributed by atoms with Crippen LogP contribution < -0.4 is 0 Å². The molecule has 0 spiro atoms. The smallest absolute Gasteiger partial charge is 0.330 e. The van der Waals surface area contributed by atoms with Crippen molar-refractivity contribution in [1.29, 1.82) is 0 Å². The van der Waals surface area contributed by atoms with E-state index in [1.54, 1.807) is 0 Å². The Bertz CT molecular complexity index is 453. The van der Waals surface area contributed by atoms with Gasteiger partial charge in [-0.2, -0.15) is 8.78 Å². The molecule has 1 heterocycles. The summed E-state index contributed by atoms with van der Waals surface area (Å²) in [6, 6.07) is 0. The maximum atomic E-state index is 14.0. The van der Waals surface area contributed by atoms with E-state index in [2.05, 4.69) is 0 Å². The van der Waals surface area contributed by atoms with Crippen molar-refractivity contribution in [2.24, 2.45) is 5.41 Å². The minimum atomic E-state index is -3.55. The molecule has 0 unspecified atom stereocenters. The van der Waals surface area contributed by atoms with Gasteiger partial charge in [-0.25, -0.2) is 4.79 Å². The van der Waals surface area contributed by atoms with Crippen LogP contribution in [-0.2, 0) is 19.1 Å². The van der Waals surface area contributed by atoms with Crippen molar-refractivity contribution in [3.05, 3.63) is 11.6 Å². The summed E-state index contributed by atoms with van der Waals surface area (Å²) in [5, 5.41) is 0. The third-order valence-corrected chi connectivity index (χ3v) is 3.86. The predicted molar refractivity (Wildman–Crippen MR) is 71.0 cm³/mol. The van der Waals surface area contributed by atoms with Gasteiger partial charge in [-0.1, -0.05) is 13.3 Å². The minimum Gasteiger partial charge on any atom is -0.462 e. The van der Waals surface area contributed by atoms with Gasteiger partial charge in [-0.3, -0.25) is 4.79 Å². The van der Waals surface area contributed by atoms with E-state index in [-0.39, 0.29) is 24.9 Å². The third kappa shape index (κ3) is 3.87. The highest BCUT2D eigenvalue weighted by molar-refractivity contribution is 5.92. The summed E-state index contributed by atoms with van der Waals surface area (Å²) < 4.78 is 38.0. The van der Waals surface area contributed by atoms with E-state index in [0.717, 1.165) is 6.08 Å². The second kappa shape index (κ2) is 6.22. The van der Waals surface area contributed by atoms with Crippen LogP contribution in [0.3, 0.4) is 0 Å². The van der Waals surface area contributed by atoms with Crippen molar-refractivity contribution in [1.82, 2.24) is 0 Å². The second-order valence-electron chi connectivity index (χ2n) is 6.14. The molecular formula is C15H20F2O4. The van der Waals surface area contributed by atoms with Gasteiger partial charge in [0.2, 0.25) is 5.78 Å². The fourth-order valence-electron chi connectivity index (χ4n) is 2.40. The van der Waals surface area contributed by atoms with E-state index in [0.29, 0.717) is 32.5 Å². The lowest BCUT2D eigenvalue weighted by molar-refractivity contribution is -0.160. The van der Waals surface area contributed by atoms with E-state index in [9.17, 15) is 18.4 Å². The summed E-state index contributed by atoms with van der Waals surface area (Å²) in [5.41, 5.74) is -0.653. The van der Waals surface area contributed by atoms with Gasteiger partial charge in [-0.15, -0.1) is 0 Å². The normalized spacial score (nSPS) is 26.6. The maximum absolute atomic E-state index is 14.0. The van der Waals surface area contributed by atoms with E-state index in [1.807, 2.05) is 6.92 Å². The number of hydrogen-bond acceptors (Lipinski definition) is 4. The number of rotatable bonds is 3. The summed E-state index contributed by atoms with van der Waals surface area (Å²) in [4.78, 5) is 23.2. The lowest BCUT2D eigenvalue weighted by Crippen LogP contribution is -2.44. The molecule has 1 aliphatic carbocycles. The molecular weight excluding hydrogens is 282 g/mol. The van der Waals surface area contributed by atoms with Gasteiger partial charge in [0.15, 0.2) is 0 Å². The number of halogens is 2. The fraction of sp³-hybridized carbons (Fsp3) is 0.733. The Morgan fingerprint density at radius 2 is 1.95 bits per heavy atom. The Morgan fingerprint density at radius 3 is 2.57 bits per heavy atom. The van der Waals surface area contributed by atoms with E-state index in [1.165, 1.54) is 0 Å². The minimum absolute atomic E-state index is 0.0498. The lowest BCUT2D eigenvalue weighted by Gasteiger charge is -2.37. The summed E-state index contributed by atoms with van der Waals surface area (Å²) >= 11 is 0. The number of carbonyl (C=O) groups is 2. The molecule has 0 bridgehead atoms. The van der Waals surface area contributed by atoms with E-state index < -0.39 is 23.2 Å². The number of esters is 1. The molecule has 2 rings (SSSR count). The van der Waals surface area contributed by atoms with Crippen LogP contribution in [0, 0.1) is 5.41 Å². The number of hydrogen-bond donors (Lipinski definition) is 0. The topological polar surface area (TPSA) is 52.6 Å². The monoisotopic (exact) mass is 302 g/mol. The average Bonchev–Trinajstić information content (AvgIpc) is 2.39. The summed E-state index contributed by atoms with van der Waals surface area (Å²) in [6.07, 6.45) is 2.44. The maximum Gasteiger partial charge on any atom is 0.330 e. The zero-order valence-corrected chi connectivity index (χ0v) is 12.1. The predicted octanol–water partition coefficient (Wildman–Crippen LogP) is 2.66. The van der Waals surface area contributed by atoms with Gasteiger partial charge < -0.3 is 9.47 Å². The molecule has 0 aromatic rings. The van der Waals surface area contributed by atoms with Gasteiger partial charge >= 0.3 is 11.9 Å². The Kier molecular flexibility index (Phi) is 4.76. The molecule has 0 aromatic heterocycles. The van der Waals surface area contributed by atoms with E-state index >= 15 is 0 Å². The van der Waals surface area contributed by atoms with Crippen LogP contribution in [0.1, 0.15) is 39.0 Å². The second-order valence-corrected chi connectivity index (χ2v) is 6.14. The van der Waals surface area contributed by atoms with E-state index in [4.69, 9.17) is 9.47 Å². The molecule has 1 saturated heterocycles. The van der Waals surface area contributed by atoms with Crippen LogP contribution in [0.2, 0.25) is 0 Å². The van der Waals surface area contributed by atoms with Gasteiger partial charge in [0.1, 0.15) is 6.61 Å². The molecule has 6 heteroatoms. The van der Waals surface area contributed by atoms with Crippen molar-refractivity contribution in [3.63, 3.8) is 0 Å². The van der Waals surface area contributed by atoms with Crippen molar-refractivity contribution < 1.29 is 27.8 Å². The molecule has 118 valence electrons. The molecule has 0 aromatic carbocycles. The zero-order chi connectivity index (χ0) is 15.5. The van der Waals surface area contributed by atoms with Gasteiger partial charge in [0.25, 0.3) is 0 Å². The number of allylic oxidation sites excluding steroid dienone is 1. The molecule has 0 N–H and O–H groups in total. The highest BCUT2D eigenvalue weighted by Gasteiger charge is 2.43. The average molecular weight is 302 g/mol. The molecule has 21 heavy (non-hydrogen) atoms. The first-order valence-corrected chi connectivity index (χ1v) is 7.20. The molecule has 2 fully saturated rings. The lowest BCUT2D eigenvalue weighted by atomic mass is 9.90. The first-order chi connectivity index (χ1) is 9.83. The summed E-state index contributed by atoms with van der Waals surface area (Å²) in [6.45, 7) is 3.01. The zero-order valence-electron chi connectivity index (χ0n) is 12.1. The quantitative estimate of drug-likeness (QED) is 0.594. The number of ketones is 1. The van der Waals surface area contributed by atoms with Gasteiger partial charge in [-0.05, 0) is 19.3 Å². The summed E-state index contributed by atoms with van der Waals surface area (Å²) in [7, 11) is 0. The Balaban J connectivity index is 2.01. The summed E-state index contributed by atoms with van der Waals surface area (Å²) in [5.74, 6) is -5.48. The number of ether oxygens (including phenoxy) is 2. The van der Waals surface area contributed by atoms with Crippen molar-refractivity contribution in [2.45, 2.75) is 45.0 Å². The van der Waals surface area contributed by atoms with Crippen molar-refractivity contribution in [3.8, 4) is 0 Å². The standard InChI is InChI=1S/C15H20F2O4/c1-14(8-20-9-14)10-21-13(19)7-11-5-3-2-4-6-12(18)15(11,16)17/h7H,2-6,8-10H2,1H3/b11-7+. The van der Waals surface area contributed by atoms with Crippen LogP contribution in [-0.4, -0.2) is 37.5 Å². The number of alkyl halides is 2. The van der Waals surface area contributed by atoms with Crippen LogP contribution in [0.4, 0.5) is 8.78 Å². The molecule has 0 radical (unpaired) electrons. The van der Waals surface area contributed by atoms with Gasteiger partial charge in [0, 0.05) is 23.5 Å². The Labute approximate surface area is 122 Å². The first-order valence-electron chi connectivity index (χ1n) is 7.20. The molecule has 1 saturated carbocycles. The van der Waals surface area contributed by atoms with Crippen LogP contribution >= 0.6 is 0 Å². The van der Waals surface area contributed by atoms with Gasteiger partial charge in [0.05, 0.1) is 13.2 Å². The first kappa shape index (κ1) is 16.1. The molecule has 2 aliphatic rings. The number of carbonyl (C=O) groups excluding carboxylic acids is 2. The molecule has 0 atom stereocenters. The molecule has 4 nitrogen and oxygen atoms in total. The van der Waals surface area contributed by atoms with Crippen LogP contribution in [0.5, 0.6) is 0 Å². The van der Waals surface area contributed by atoms with Crippen molar-refractivity contribution >= 4 is 11.8 Å². The third-order valence-electron chi connectivity index (χ3n) is 3.86. The Morgan fingerprint density at radius 1 is 1.29 bits per heavy atom. The SMILES string of the molecule is CC1(COC(=O)/C=C2\CCCCCC(=O)C2(F)F)COC1. The van der Waals surface area contributed by atoms with Crippen LogP contribution in [0.15, 0.2) is 11.6 Å². The largest absolute Gasteiger partial charge is 0.462 e. The highest BCUT2D eigenvalue weighted by atomic mass is 19.3. The fourth-order valence-corrected chi connectivity index (χ4v) is 2.40. The number of Topliss-reactive ketones (excluding diaryl/α,β-unsaturated/α-hetero) is 1. The molecule has 0 amide bonds. The van der Waals surface area contributed by atoms with Crippen molar-refractivity contribution in [2.75, 3.05) is 19.8 Å². The van der Waals surface area contributed by atoms with Crippen LogP contribution in [0.25, 0.3) is 0 Å². The Hall–Kier alpha value is -1.30. The highest BCUT2D eigenvalue weighted by Crippen LogP contribution is 2.33. The molecule has 1 aliphatic heterocycles.